The number of aliphatic hydroxyl groups is 1. The Bertz CT molecular complexity index is 1600. The van der Waals surface area contributed by atoms with Gasteiger partial charge in [-0.15, -0.1) is 0 Å². The van der Waals surface area contributed by atoms with E-state index in [-0.39, 0.29) is 44.0 Å². The van der Waals surface area contributed by atoms with Crippen molar-refractivity contribution in [3.8, 4) is 11.6 Å². The number of aromatic nitrogens is 2. The first-order valence-electron chi connectivity index (χ1n) is 10.9. The average Bonchev–Trinajstić information content (AvgIpc) is 3.14. The lowest BCUT2D eigenvalue weighted by Crippen LogP contribution is -2.46. The maximum Gasteiger partial charge on any atom is 0.422 e. The Labute approximate surface area is 223 Å². The monoisotopic (exact) mass is 570 g/mol. The molecule has 38 heavy (non-hydrogen) atoms. The molecule has 2 aromatic carbocycles. The fourth-order valence-corrected chi connectivity index (χ4v) is 4.59. The summed E-state index contributed by atoms with van der Waals surface area (Å²) in [5.41, 5.74) is -3.72. The van der Waals surface area contributed by atoms with Gasteiger partial charge in [-0.1, -0.05) is 42.3 Å². The topological polar surface area (TPSA) is 104 Å². The Morgan fingerprint density at radius 1 is 1.13 bits per heavy atom. The van der Waals surface area contributed by atoms with Gasteiger partial charge in [-0.05, 0) is 41.5 Å². The fourth-order valence-electron chi connectivity index (χ4n) is 4.03. The van der Waals surface area contributed by atoms with Crippen LogP contribution >= 0.6 is 23.2 Å². The number of fused-ring (bicyclic) bond motifs is 1. The summed E-state index contributed by atoms with van der Waals surface area (Å²) in [6.45, 7) is 1.18. The lowest BCUT2D eigenvalue weighted by Gasteiger charge is -2.37. The van der Waals surface area contributed by atoms with Crippen LogP contribution < -0.4 is 10.5 Å². The largest absolute Gasteiger partial charge is 0.465 e. The number of methoxy groups -OCH3 is 1. The van der Waals surface area contributed by atoms with Crippen LogP contribution in [0.3, 0.4) is 0 Å². The molecule has 0 aliphatic rings. The number of alkyl halides is 3. The van der Waals surface area contributed by atoms with Crippen LogP contribution in [-0.4, -0.2) is 33.9 Å². The molecule has 2 unspecified atom stereocenters. The number of carbonyl (C=O) groups is 1. The van der Waals surface area contributed by atoms with Crippen LogP contribution in [0.15, 0.2) is 57.7 Å². The number of ether oxygens (including phenoxy) is 2. The second kappa shape index (κ2) is 9.97. The van der Waals surface area contributed by atoms with Crippen molar-refractivity contribution in [3.63, 3.8) is 0 Å². The molecule has 2 heterocycles. The maximum absolute atomic E-state index is 14.4. The van der Waals surface area contributed by atoms with Gasteiger partial charge >= 0.3 is 17.9 Å². The first-order chi connectivity index (χ1) is 17.8. The van der Waals surface area contributed by atoms with Crippen molar-refractivity contribution in [2.45, 2.75) is 24.6 Å². The third kappa shape index (κ3) is 4.72. The number of oxazole rings is 1. The number of benzene rings is 2. The number of nitrogens with zero attached hydrogens (tertiary/aromatic N) is 2. The Morgan fingerprint density at radius 2 is 1.84 bits per heavy atom. The third-order valence-corrected chi connectivity index (χ3v) is 6.80. The van der Waals surface area contributed by atoms with Crippen molar-refractivity contribution in [2.75, 3.05) is 7.11 Å². The molecular weight excluding hydrogens is 552 g/mol. The van der Waals surface area contributed by atoms with Crippen LogP contribution in [0.25, 0.3) is 11.1 Å². The molecule has 0 spiro atoms. The number of carbonyl (C=O) groups excluding carboxylic acids is 1. The summed E-state index contributed by atoms with van der Waals surface area (Å²) in [4.78, 5) is 27.4. The molecule has 1 N–H and O–H groups in total. The van der Waals surface area contributed by atoms with Crippen molar-refractivity contribution >= 4 is 40.3 Å². The van der Waals surface area contributed by atoms with Gasteiger partial charge in [0.15, 0.2) is 11.2 Å². The average molecular weight is 571 g/mol. The first kappa shape index (κ1) is 27.5. The van der Waals surface area contributed by atoms with Gasteiger partial charge in [-0.25, -0.2) is 14.6 Å². The molecule has 0 fully saturated rings. The first-order valence-corrected chi connectivity index (χ1v) is 11.6. The number of hydrogen-bond donors (Lipinski definition) is 1. The molecule has 2 aromatic heterocycles. The van der Waals surface area contributed by atoms with E-state index >= 15 is 0 Å². The predicted octanol–water partition coefficient (Wildman–Crippen LogP) is 5.97. The van der Waals surface area contributed by atoms with Gasteiger partial charge < -0.3 is 19.0 Å². The molecule has 2 atom stereocenters. The van der Waals surface area contributed by atoms with Gasteiger partial charge in [0.25, 0.3) is 0 Å². The van der Waals surface area contributed by atoms with Gasteiger partial charge in [-0.2, -0.15) is 13.2 Å². The summed E-state index contributed by atoms with van der Waals surface area (Å²) in [6, 6.07) is 9.89. The summed E-state index contributed by atoms with van der Waals surface area (Å²) < 4.78 is 59.5. The van der Waals surface area contributed by atoms with Crippen LogP contribution in [-0.2, 0) is 17.4 Å². The predicted molar refractivity (Wildman–Crippen MR) is 132 cm³/mol. The van der Waals surface area contributed by atoms with Crippen molar-refractivity contribution in [3.05, 3.63) is 85.9 Å². The molecule has 0 bridgehead atoms. The summed E-state index contributed by atoms with van der Waals surface area (Å²) in [7, 11) is 2.53. The molecule has 0 amide bonds. The zero-order valence-corrected chi connectivity index (χ0v) is 21.5. The molecule has 200 valence electrons. The van der Waals surface area contributed by atoms with Crippen molar-refractivity contribution in [2.24, 2.45) is 7.05 Å². The third-order valence-electron chi connectivity index (χ3n) is 6.18. The highest BCUT2D eigenvalue weighted by Gasteiger charge is 2.59. The van der Waals surface area contributed by atoms with Crippen LogP contribution in [0.5, 0.6) is 11.6 Å². The second-order valence-electron chi connectivity index (χ2n) is 8.36. The molecule has 4 rings (SSSR count). The standard InChI is InChI=1S/C25H19Cl2F3N2O6/c1-12(24(35,25(28,29)30)13-4-8-19-18(10-13)32(2)23(34)38-19)15-6-5-14(11-17(15)26)37-20-9-7-16(21(27)31-20)22(33)36-3/h4-12,35H,1-3H3. The van der Waals surface area contributed by atoms with Crippen LogP contribution in [0.2, 0.25) is 10.2 Å². The number of aryl methyl sites for hydroxylation is 1. The summed E-state index contributed by atoms with van der Waals surface area (Å²) in [5, 5.41) is 10.9. The Kier molecular flexibility index (Phi) is 7.21. The highest BCUT2D eigenvalue weighted by molar-refractivity contribution is 6.32. The van der Waals surface area contributed by atoms with Gasteiger partial charge in [0.2, 0.25) is 5.88 Å². The van der Waals surface area contributed by atoms with E-state index in [1.54, 1.807) is 0 Å². The number of halogens is 5. The SMILES string of the molecule is COC(=O)c1ccc(Oc2ccc(C(C)C(O)(c3ccc4oc(=O)n(C)c4c3)C(F)(F)F)c(Cl)c2)nc1Cl. The minimum atomic E-state index is -5.12. The van der Waals surface area contributed by atoms with Crippen molar-refractivity contribution in [1.29, 1.82) is 0 Å². The molecule has 4 aromatic rings. The molecular formula is C25H19Cl2F3N2O6. The van der Waals surface area contributed by atoms with E-state index < -0.39 is 35.0 Å². The Morgan fingerprint density at radius 3 is 2.45 bits per heavy atom. The Hall–Kier alpha value is -3.54. The minimum absolute atomic E-state index is 0.00894. The van der Waals surface area contributed by atoms with E-state index in [9.17, 15) is 27.9 Å². The van der Waals surface area contributed by atoms with E-state index in [4.69, 9.17) is 32.4 Å². The maximum atomic E-state index is 14.4. The summed E-state index contributed by atoms with van der Waals surface area (Å²) >= 11 is 12.3. The zero-order valence-electron chi connectivity index (χ0n) is 20.0. The van der Waals surface area contributed by atoms with Gasteiger partial charge in [0.1, 0.15) is 10.9 Å². The van der Waals surface area contributed by atoms with Gasteiger partial charge in [0, 0.05) is 24.1 Å². The summed E-state index contributed by atoms with van der Waals surface area (Å²) in [6.07, 6.45) is -5.12. The lowest BCUT2D eigenvalue weighted by atomic mass is 9.77. The minimum Gasteiger partial charge on any atom is -0.465 e. The van der Waals surface area contributed by atoms with Crippen molar-refractivity contribution < 1.29 is 37.0 Å². The molecule has 0 aliphatic heterocycles. The van der Waals surface area contributed by atoms with Crippen LogP contribution in [0.4, 0.5) is 13.2 Å². The smallest absolute Gasteiger partial charge is 0.422 e. The molecule has 13 heteroatoms. The fraction of sp³-hybridized carbons (Fsp3) is 0.240. The highest BCUT2D eigenvalue weighted by atomic mass is 35.5. The number of esters is 1. The summed E-state index contributed by atoms with van der Waals surface area (Å²) in [5.74, 6) is -2.93. The highest BCUT2D eigenvalue weighted by Crippen LogP contribution is 2.50. The van der Waals surface area contributed by atoms with E-state index in [1.165, 1.54) is 57.5 Å². The van der Waals surface area contributed by atoms with Crippen molar-refractivity contribution in [1.82, 2.24) is 9.55 Å². The molecule has 0 aliphatic carbocycles. The molecule has 0 radical (unpaired) electrons. The van der Waals surface area contributed by atoms with Gasteiger partial charge in [0.05, 0.1) is 18.2 Å². The zero-order chi connectivity index (χ0) is 28.0. The van der Waals surface area contributed by atoms with Crippen LogP contribution in [0.1, 0.15) is 34.3 Å². The van der Waals surface area contributed by atoms with Crippen LogP contribution in [0, 0.1) is 0 Å². The molecule has 0 saturated carbocycles. The Balaban J connectivity index is 1.69. The quantitative estimate of drug-likeness (QED) is 0.225. The lowest BCUT2D eigenvalue weighted by molar-refractivity contribution is -0.274. The van der Waals surface area contributed by atoms with E-state index in [0.717, 1.165) is 16.7 Å². The molecule has 0 saturated heterocycles. The van der Waals surface area contributed by atoms with E-state index in [1.807, 2.05) is 0 Å². The molecule has 8 nitrogen and oxygen atoms in total. The number of hydrogen-bond acceptors (Lipinski definition) is 7. The van der Waals surface area contributed by atoms with E-state index in [2.05, 4.69) is 9.72 Å². The second-order valence-corrected chi connectivity index (χ2v) is 9.13. The normalized spacial score (nSPS) is 14.2. The van der Waals surface area contributed by atoms with E-state index in [0.29, 0.717) is 0 Å². The van der Waals surface area contributed by atoms with Gasteiger partial charge in [-0.3, -0.25) is 4.57 Å². The number of pyridine rings is 1. The number of rotatable bonds is 6.